The fourth-order valence-electron chi connectivity index (χ4n) is 2.95. The molecule has 0 saturated heterocycles. The number of aromatic hydroxyl groups is 3. The van der Waals surface area contributed by atoms with Crippen LogP contribution in [0.25, 0.3) is 12.2 Å². The van der Waals surface area contributed by atoms with E-state index in [2.05, 4.69) is 0 Å². The Morgan fingerprint density at radius 1 is 1.04 bits per heavy atom. The fraction of sp³-hybridized carbons (Fsp3) is 0.150. The van der Waals surface area contributed by atoms with Crippen LogP contribution in [0.1, 0.15) is 35.3 Å². The van der Waals surface area contributed by atoms with Gasteiger partial charge < -0.3 is 24.8 Å². The van der Waals surface area contributed by atoms with E-state index >= 15 is 0 Å². The maximum atomic E-state index is 12.9. The van der Waals surface area contributed by atoms with E-state index in [1.54, 1.807) is 12.2 Å². The van der Waals surface area contributed by atoms with E-state index in [1.807, 2.05) is 13.8 Å². The quantitative estimate of drug-likeness (QED) is 0.536. The molecule has 6 nitrogen and oxygen atoms in total. The molecule has 0 bridgehead atoms. The number of phenols is 3. The number of carbonyl (C=O) groups excluding carboxylic acids is 1. The van der Waals surface area contributed by atoms with Crippen LogP contribution < -0.4 is 9.47 Å². The molecule has 0 saturated carbocycles. The van der Waals surface area contributed by atoms with Gasteiger partial charge in [-0.15, -0.1) is 0 Å². The third-order valence-electron chi connectivity index (χ3n) is 4.25. The van der Waals surface area contributed by atoms with E-state index in [0.29, 0.717) is 11.1 Å². The van der Waals surface area contributed by atoms with E-state index in [1.165, 1.54) is 30.3 Å². The Balaban J connectivity index is 1.80. The first-order chi connectivity index (χ1) is 12.2. The summed E-state index contributed by atoms with van der Waals surface area (Å²) in [5.41, 5.74) is 0.549. The van der Waals surface area contributed by atoms with Crippen molar-refractivity contribution in [1.29, 1.82) is 0 Å². The summed E-state index contributed by atoms with van der Waals surface area (Å²) in [4.78, 5) is 12.9. The maximum absolute atomic E-state index is 12.9. The van der Waals surface area contributed by atoms with Gasteiger partial charge in [0.25, 0.3) is 0 Å². The van der Waals surface area contributed by atoms with Gasteiger partial charge in [0.1, 0.15) is 28.4 Å². The molecule has 0 atom stereocenters. The predicted octanol–water partition coefficient (Wildman–Crippen LogP) is 3.60. The topological polar surface area (TPSA) is 96.2 Å². The molecule has 0 spiro atoms. The van der Waals surface area contributed by atoms with E-state index in [9.17, 15) is 20.1 Å². The predicted molar refractivity (Wildman–Crippen MR) is 94.6 cm³/mol. The Morgan fingerprint density at radius 3 is 2.54 bits per heavy atom. The molecular weight excluding hydrogens is 336 g/mol. The van der Waals surface area contributed by atoms with Crippen molar-refractivity contribution in [3.63, 3.8) is 0 Å². The van der Waals surface area contributed by atoms with Crippen molar-refractivity contribution in [2.24, 2.45) is 0 Å². The zero-order valence-electron chi connectivity index (χ0n) is 14.1. The standard InChI is InChI=1S/C20H16O6/c1-20(2)6-5-11-13(22)9-15-17(19(11)26-20)18(24)16(25-15)8-10-3-4-12(21)14(23)7-10/h3-9,21-23H,1-2H3/b16-8-. The van der Waals surface area contributed by atoms with Crippen molar-refractivity contribution >= 4 is 17.9 Å². The highest BCUT2D eigenvalue weighted by molar-refractivity contribution is 6.17. The van der Waals surface area contributed by atoms with Gasteiger partial charge >= 0.3 is 0 Å². The van der Waals surface area contributed by atoms with Gasteiger partial charge in [-0.05, 0) is 49.8 Å². The summed E-state index contributed by atoms with van der Waals surface area (Å²) in [6.07, 6.45) is 4.98. The number of fused-ring (bicyclic) bond motifs is 3. The fourth-order valence-corrected chi connectivity index (χ4v) is 2.95. The lowest BCUT2D eigenvalue weighted by atomic mass is 9.97. The van der Waals surface area contributed by atoms with Crippen LogP contribution >= 0.6 is 0 Å². The lowest BCUT2D eigenvalue weighted by Gasteiger charge is -2.29. The monoisotopic (exact) mass is 352 g/mol. The third-order valence-corrected chi connectivity index (χ3v) is 4.25. The van der Waals surface area contributed by atoms with Crippen molar-refractivity contribution in [3.8, 4) is 28.7 Å². The molecule has 2 aliphatic rings. The van der Waals surface area contributed by atoms with E-state index in [-0.39, 0.29) is 45.9 Å². The molecule has 132 valence electrons. The second-order valence-electron chi connectivity index (χ2n) is 6.74. The van der Waals surface area contributed by atoms with Crippen LogP contribution in [0.5, 0.6) is 28.7 Å². The molecule has 0 amide bonds. The first-order valence-electron chi connectivity index (χ1n) is 7.99. The first-order valence-corrected chi connectivity index (χ1v) is 7.99. The van der Waals surface area contributed by atoms with Crippen LogP contribution in [0.3, 0.4) is 0 Å². The molecule has 2 aliphatic heterocycles. The van der Waals surface area contributed by atoms with Crippen LogP contribution in [0, 0.1) is 0 Å². The summed E-state index contributed by atoms with van der Waals surface area (Å²) >= 11 is 0. The van der Waals surface area contributed by atoms with Gasteiger partial charge in [-0.3, -0.25) is 4.79 Å². The van der Waals surface area contributed by atoms with Gasteiger partial charge in [-0.25, -0.2) is 0 Å². The van der Waals surface area contributed by atoms with Crippen LogP contribution in [0.4, 0.5) is 0 Å². The minimum absolute atomic E-state index is 0.0360. The molecule has 2 heterocycles. The van der Waals surface area contributed by atoms with Crippen molar-refractivity contribution < 1.29 is 29.6 Å². The van der Waals surface area contributed by atoms with Crippen molar-refractivity contribution in [2.45, 2.75) is 19.4 Å². The summed E-state index contributed by atoms with van der Waals surface area (Å²) in [7, 11) is 0. The van der Waals surface area contributed by atoms with Crippen LogP contribution in [0.15, 0.2) is 36.1 Å². The minimum Gasteiger partial charge on any atom is -0.507 e. The Bertz CT molecular complexity index is 1010. The molecule has 0 aromatic heterocycles. The number of benzene rings is 2. The van der Waals surface area contributed by atoms with Gasteiger partial charge in [0.2, 0.25) is 5.78 Å². The number of ketones is 1. The van der Waals surface area contributed by atoms with Gasteiger partial charge in [0, 0.05) is 6.07 Å². The lowest BCUT2D eigenvalue weighted by Crippen LogP contribution is -2.28. The minimum atomic E-state index is -0.621. The summed E-state index contributed by atoms with van der Waals surface area (Å²) in [5.74, 6) is -0.435. The van der Waals surface area contributed by atoms with Gasteiger partial charge in [-0.2, -0.15) is 0 Å². The van der Waals surface area contributed by atoms with Crippen molar-refractivity contribution in [1.82, 2.24) is 0 Å². The Morgan fingerprint density at radius 2 is 1.81 bits per heavy atom. The van der Waals surface area contributed by atoms with Crippen molar-refractivity contribution in [3.05, 3.63) is 52.8 Å². The highest BCUT2D eigenvalue weighted by Gasteiger charge is 2.37. The molecule has 0 fully saturated rings. The second-order valence-corrected chi connectivity index (χ2v) is 6.74. The number of allylic oxidation sites excluding steroid dienone is 1. The van der Waals surface area contributed by atoms with E-state index in [4.69, 9.17) is 9.47 Å². The molecule has 4 rings (SSSR count). The van der Waals surface area contributed by atoms with Crippen LogP contribution in [0.2, 0.25) is 0 Å². The van der Waals surface area contributed by atoms with Crippen molar-refractivity contribution in [2.75, 3.05) is 0 Å². The number of phenolic OH excluding ortho intramolecular Hbond substituents is 3. The van der Waals surface area contributed by atoms with E-state index < -0.39 is 5.60 Å². The Hall–Kier alpha value is -3.41. The molecule has 0 aliphatic carbocycles. The number of hydrogen-bond acceptors (Lipinski definition) is 6. The van der Waals surface area contributed by atoms with E-state index in [0.717, 1.165) is 0 Å². The summed E-state index contributed by atoms with van der Waals surface area (Å²) in [6, 6.07) is 5.56. The summed E-state index contributed by atoms with van der Waals surface area (Å²) in [5, 5.41) is 29.2. The number of Topliss-reactive ketones (excluding diaryl/α,β-unsaturated/α-hetero) is 1. The molecule has 0 unspecified atom stereocenters. The summed E-state index contributed by atoms with van der Waals surface area (Å²) < 4.78 is 11.5. The highest BCUT2D eigenvalue weighted by atomic mass is 16.5. The van der Waals surface area contributed by atoms with Gasteiger partial charge in [0.05, 0.1) is 5.56 Å². The molecule has 6 heteroatoms. The highest BCUT2D eigenvalue weighted by Crippen LogP contribution is 2.48. The van der Waals surface area contributed by atoms with Gasteiger partial charge in [-0.1, -0.05) is 6.07 Å². The first kappa shape index (κ1) is 16.1. The SMILES string of the molecule is CC1(C)C=Cc2c(O)cc3c(c2O1)C(=O)/C(=C/c1ccc(O)c(O)c1)O3. The zero-order chi connectivity index (χ0) is 18.6. The largest absolute Gasteiger partial charge is 0.507 e. The number of rotatable bonds is 1. The third kappa shape index (κ3) is 2.47. The molecule has 26 heavy (non-hydrogen) atoms. The second kappa shape index (κ2) is 5.29. The lowest BCUT2D eigenvalue weighted by molar-refractivity contribution is 0.100. The Kier molecular flexibility index (Phi) is 3.27. The number of hydrogen-bond donors (Lipinski definition) is 3. The average Bonchev–Trinajstić information content (AvgIpc) is 2.86. The maximum Gasteiger partial charge on any atom is 0.235 e. The molecule has 0 radical (unpaired) electrons. The smallest absolute Gasteiger partial charge is 0.235 e. The van der Waals surface area contributed by atoms with Crippen LogP contribution in [-0.4, -0.2) is 26.7 Å². The number of carbonyl (C=O) groups is 1. The van der Waals surface area contributed by atoms with Gasteiger partial charge in [0.15, 0.2) is 17.3 Å². The van der Waals surface area contributed by atoms with Crippen LogP contribution in [-0.2, 0) is 0 Å². The average molecular weight is 352 g/mol. The normalized spacial score (nSPS) is 18.2. The molecule has 2 aromatic carbocycles. The summed E-state index contributed by atoms with van der Waals surface area (Å²) in [6.45, 7) is 3.69. The number of ether oxygens (including phenoxy) is 2. The molecule has 2 aromatic rings. The zero-order valence-corrected chi connectivity index (χ0v) is 14.1. The molecule has 3 N–H and O–H groups in total. The molecular formula is C20H16O6. The Labute approximate surface area is 149 Å².